The highest BCUT2D eigenvalue weighted by Crippen LogP contribution is 2.29. The third kappa shape index (κ3) is 4.81. The number of Topliss-reactive ketones (excluding diaryl/α,β-unsaturated/α-hetero) is 1. The summed E-state index contributed by atoms with van der Waals surface area (Å²) in [5.74, 6) is 1.77. The molecule has 110 valence electrons. The average Bonchev–Trinajstić information content (AvgIpc) is 2.46. The van der Waals surface area contributed by atoms with Gasteiger partial charge in [-0.2, -0.15) is 11.8 Å². The van der Waals surface area contributed by atoms with E-state index in [1.807, 2.05) is 30.0 Å². The molecule has 1 aliphatic rings. The molecule has 0 saturated heterocycles. The number of rotatable bonds is 6. The van der Waals surface area contributed by atoms with Crippen LogP contribution in [0.4, 0.5) is 0 Å². The van der Waals surface area contributed by atoms with Gasteiger partial charge in [-0.05, 0) is 46.5 Å². The Morgan fingerprint density at radius 3 is 2.75 bits per heavy atom. The van der Waals surface area contributed by atoms with E-state index in [-0.39, 0.29) is 0 Å². The normalized spacial score (nSPS) is 16.1. The van der Waals surface area contributed by atoms with Crippen molar-refractivity contribution in [2.75, 3.05) is 12.9 Å². The van der Waals surface area contributed by atoms with Crippen LogP contribution in [-0.2, 0) is 11.2 Å². The van der Waals surface area contributed by atoms with Crippen LogP contribution in [0.15, 0.2) is 22.7 Å². The van der Waals surface area contributed by atoms with Gasteiger partial charge in [-0.15, -0.1) is 0 Å². The predicted octanol–water partition coefficient (Wildman–Crippen LogP) is 4.64. The first-order valence-electron chi connectivity index (χ1n) is 7.15. The molecule has 1 aromatic carbocycles. The third-order valence-corrected chi connectivity index (χ3v) is 5.70. The SMILES string of the molecule is COc1ccc(CC(=O)CSC2CCCCC2)cc1Br. The van der Waals surface area contributed by atoms with Crippen LogP contribution in [0.2, 0.25) is 0 Å². The van der Waals surface area contributed by atoms with Crippen LogP contribution in [0, 0.1) is 0 Å². The Kier molecular flexibility index (Phi) is 6.43. The Balaban J connectivity index is 1.80. The fourth-order valence-electron chi connectivity index (χ4n) is 2.54. The molecule has 0 radical (unpaired) electrons. The number of halogens is 1. The summed E-state index contributed by atoms with van der Waals surface area (Å²) in [5, 5.41) is 0.704. The number of methoxy groups -OCH3 is 1. The van der Waals surface area contributed by atoms with Crippen molar-refractivity contribution in [3.8, 4) is 5.75 Å². The van der Waals surface area contributed by atoms with Gasteiger partial charge in [0.1, 0.15) is 11.5 Å². The van der Waals surface area contributed by atoms with Gasteiger partial charge in [-0.3, -0.25) is 4.79 Å². The summed E-state index contributed by atoms with van der Waals surface area (Å²) in [6, 6.07) is 5.84. The van der Waals surface area contributed by atoms with Crippen LogP contribution >= 0.6 is 27.7 Å². The molecule has 0 aliphatic heterocycles. The first kappa shape index (κ1) is 15.9. The summed E-state index contributed by atoms with van der Waals surface area (Å²) in [6.07, 6.45) is 7.11. The molecule has 0 bridgehead atoms. The number of ketones is 1. The fourth-order valence-corrected chi connectivity index (χ4v) is 4.32. The Morgan fingerprint density at radius 1 is 1.35 bits per heavy atom. The van der Waals surface area contributed by atoms with Crippen LogP contribution in [0.3, 0.4) is 0 Å². The molecule has 20 heavy (non-hydrogen) atoms. The number of carbonyl (C=O) groups excluding carboxylic acids is 1. The van der Waals surface area contributed by atoms with E-state index in [0.29, 0.717) is 23.2 Å². The van der Waals surface area contributed by atoms with Crippen molar-refractivity contribution in [2.45, 2.75) is 43.8 Å². The lowest BCUT2D eigenvalue weighted by atomic mass is 10.0. The lowest BCUT2D eigenvalue weighted by Crippen LogP contribution is -2.13. The molecule has 1 aromatic rings. The van der Waals surface area contributed by atoms with E-state index in [1.165, 1.54) is 32.1 Å². The van der Waals surface area contributed by atoms with Crippen molar-refractivity contribution in [1.29, 1.82) is 0 Å². The highest BCUT2D eigenvalue weighted by molar-refractivity contribution is 9.10. The van der Waals surface area contributed by atoms with Crippen molar-refractivity contribution in [3.05, 3.63) is 28.2 Å². The molecule has 0 heterocycles. The molecule has 0 spiro atoms. The zero-order valence-electron chi connectivity index (χ0n) is 11.9. The van der Waals surface area contributed by atoms with Gasteiger partial charge in [0.05, 0.1) is 17.3 Å². The third-order valence-electron chi connectivity index (χ3n) is 3.65. The zero-order chi connectivity index (χ0) is 14.4. The van der Waals surface area contributed by atoms with E-state index in [1.54, 1.807) is 7.11 Å². The molecule has 1 aliphatic carbocycles. The van der Waals surface area contributed by atoms with Gasteiger partial charge in [-0.25, -0.2) is 0 Å². The number of carbonyl (C=O) groups is 1. The molecule has 0 unspecified atom stereocenters. The first-order chi connectivity index (χ1) is 9.69. The van der Waals surface area contributed by atoms with Gasteiger partial charge in [0.25, 0.3) is 0 Å². The number of hydrogen-bond donors (Lipinski definition) is 0. The molecule has 2 nitrogen and oxygen atoms in total. The van der Waals surface area contributed by atoms with Crippen LogP contribution in [-0.4, -0.2) is 23.9 Å². The lowest BCUT2D eigenvalue weighted by molar-refractivity contribution is -0.116. The lowest BCUT2D eigenvalue weighted by Gasteiger charge is -2.20. The van der Waals surface area contributed by atoms with Crippen molar-refractivity contribution >= 4 is 33.5 Å². The van der Waals surface area contributed by atoms with Crippen LogP contribution in [0.1, 0.15) is 37.7 Å². The molecule has 0 amide bonds. The summed E-state index contributed by atoms with van der Waals surface area (Å²) in [5.41, 5.74) is 1.05. The summed E-state index contributed by atoms with van der Waals surface area (Å²) in [4.78, 5) is 12.1. The minimum absolute atomic E-state index is 0.317. The van der Waals surface area contributed by atoms with Crippen LogP contribution < -0.4 is 4.74 Å². The van der Waals surface area contributed by atoms with Crippen molar-refractivity contribution in [3.63, 3.8) is 0 Å². The zero-order valence-corrected chi connectivity index (χ0v) is 14.3. The molecular formula is C16H21BrO2S. The van der Waals surface area contributed by atoms with Gasteiger partial charge < -0.3 is 4.74 Å². The highest BCUT2D eigenvalue weighted by atomic mass is 79.9. The number of thioether (sulfide) groups is 1. The van der Waals surface area contributed by atoms with E-state index in [4.69, 9.17) is 4.74 Å². The van der Waals surface area contributed by atoms with Gasteiger partial charge >= 0.3 is 0 Å². The summed E-state index contributed by atoms with van der Waals surface area (Å²) in [6.45, 7) is 0. The van der Waals surface area contributed by atoms with E-state index in [2.05, 4.69) is 15.9 Å². The minimum Gasteiger partial charge on any atom is -0.496 e. The van der Waals surface area contributed by atoms with Gasteiger partial charge in [0, 0.05) is 11.7 Å². The van der Waals surface area contributed by atoms with E-state index in [9.17, 15) is 4.79 Å². The maximum Gasteiger partial charge on any atom is 0.147 e. The van der Waals surface area contributed by atoms with Crippen LogP contribution in [0.25, 0.3) is 0 Å². The van der Waals surface area contributed by atoms with Crippen molar-refractivity contribution < 1.29 is 9.53 Å². The smallest absolute Gasteiger partial charge is 0.147 e. The van der Waals surface area contributed by atoms with E-state index in [0.717, 1.165) is 15.8 Å². The molecule has 2 rings (SSSR count). The Bertz CT molecular complexity index is 456. The molecule has 1 fully saturated rings. The fraction of sp³-hybridized carbons (Fsp3) is 0.562. The predicted molar refractivity (Wildman–Crippen MR) is 88.7 cm³/mol. The second-order valence-electron chi connectivity index (χ2n) is 5.26. The Labute approximate surface area is 133 Å². The van der Waals surface area contributed by atoms with Crippen molar-refractivity contribution in [2.24, 2.45) is 0 Å². The molecular weight excluding hydrogens is 336 g/mol. The second-order valence-corrected chi connectivity index (χ2v) is 7.40. The maximum absolute atomic E-state index is 12.1. The van der Waals surface area contributed by atoms with Gasteiger partial charge in [0.15, 0.2) is 0 Å². The Hall–Kier alpha value is -0.480. The summed E-state index contributed by atoms with van der Waals surface area (Å²) < 4.78 is 6.10. The largest absolute Gasteiger partial charge is 0.496 e. The van der Waals surface area contributed by atoms with E-state index >= 15 is 0 Å². The molecule has 0 N–H and O–H groups in total. The standard InChI is InChI=1S/C16H21BrO2S/c1-19-16-8-7-12(10-15(16)17)9-13(18)11-20-14-5-3-2-4-6-14/h7-8,10,14H,2-6,9,11H2,1H3. The van der Waals surface area contributed by atoms with Crippen LogP contribution in [0.5, 0.6) is 5.75 Å². The summed E-state index contributed by atoms with van der Waals surface area (Å²) in [7, 11) is 1.64. The highest BCUT2D eigenvalue weighted by Gasteiger charge is 2.15. The summed E-state index contributed by atoms with van der Waals surface area (Å²) >= 11 is 5.31. The average molecular weight is 357 g/mol. The quantitative estimate of drug-likeness (QED) is 0.742. The number of ether oxygens (including phenoxy) is 1. The monoisotopic (exact) mass is 356 g/mol. The van der Waals surface area contributed by atoms with E-state index < -0.39 is 0 Å². The molecule has 1 saturated carbocycles. The molecule has 0 atom stereocenters. The number of hydrogen-bond acceptors (Lipinski definition) is 3. The molecule has 0 aromatic heterocycles. The van der Waals surface area contributed by atoms with Gasteiger partial charge in [-0.1, -0.05) is 25.3 Å². The maximum atomic E-state index is 12.1. The van der Waals surface area contributed by atoms with Crippen molar-refractivity contribution in [1.82, 2.24) is 0 Å². The molecule has 4 heteroatoms. The number of benzene rings is 1. The first-order valence-corrected chi connectivity index (χ1v) is 8.99. The Morgan fingerprint density at radius 2 is 2.10 bits per heavy atom. The topological polar surface area (TPSA) is 26.3 Å². The second kappa shape index (κ2) is 8.08. The van der Waals surface area contributed by atoms with Gasteiger partial charge in [0.2, 0.25) is 0 Å². The minimum atomic E-state index is 0.317.